The lowest BCUT2D eigenvalue weighted by Crippen LogP contribution is -2.03. The summed E-state index contributed by atoms with van der Waals surface area (Å²) in [6.45, 7) is 0. The molecule has 2 aromatic carbocycles. The summed E-state index contributed by atoms with van der Waals surface area (Å²) in [5, 5.41) is 0.649. The van der Waals surface area contributed by atoms with Gasteiger partial charge in [-0.15, -0.1) is 0 Å². The van der Waals surface area contributed by atoms with Gasteiger partial charge in [-0.1, -0.05) is 51.8 Å². The number of nitrogen functional groups attached to an aromatic ring is 1. The zero-order valence-electron chi connectivity index (χ0n) is 10.1. The molecule has 2 N–H and O–H groups in total. The standard InChI is InChI=1S/C14H13BrClNOS/c15-12-5-3-7-14(17)11(12)9-19(18)8-10-4-1-2-6-13(10)16/h1-7H,8-9,17H2. The van der Waals surface area contributed by atoms with E-state index in [1.807, 2.05) is 36.4 Å². The highest BCUT2D eigenvalue weighted by atomic mass is 79.9. The molecule has 0 saturated heterocycles. The molecule has 0 aromatic heterocycles. The molecule has 2 nitrogen and oxygen atoms in total. The highest BCUT2D eigenvalue weighted by molar-refractivity contribution is 9.10. The molecule has 0 radical (unpaired) electrons. The van der Waals surface area contributed by atoms with Crippen LogP contribution in [-0.4, -0.2) is 4.21 Å². The lowest BCUT2D eigenvalue weighted by Gasteiger charge is -2.09. The first-order chi connectivity index (χ1) is 9.08. The van der Waals surface area contributed by atoms with Gasteiger partial charge in [0.2, 0.25) is 0 Å². The quantitative estimate of drug-likeness (QED) is 0.835. The average Bonchev–Trinajstić information content (AvgIpc) is 2.37. The second-order valence-corrected chi connectivity index (χ2v) is 6.85. The van der Waals surface area contributed by atoms with Crippen molar-refractivity contribution in [3.63, 3.8) is 0 Å². The smallest absolute Gasteiger partial charge is 0.0520 e. The van der Waals surface area contributed by atoms with Gasteiger partial charge in [0, 0.05) is 31.5 Å². The molecule has 0 amide bonds. The topological polar surface area (TPSA) is 43.1 Å². The van der Waals surface area contributed by atoms with Crippen LogP contribution in [0.15, 0.2) is 46.9 Å². The van der Waals surface area contributed by atoms with Gasteiger partial charge in [-0.05, 0) is 23.8 Å². The fraction of sp³-hybridized carbons (Fsp3) is 0.143. The minimum atomic E-state index is -1.05. The van der Waals surface area contributed by atoms with Crippen LogP contribution in [0.4, 0.5) is 5.69 Å². The van der Waals surface area contributed by atoms with Crippen LogP contribution in [0, 0.1) is 0 Å². The molecule has 0 spiro atoms. The van der Waals surface area contributed by atoms with E-state index in [4.69, 9.17) is 17.3 Å². The monoisotopic (exact) mass is 357 g/mol. The van der Waals surface area contributed by atoms with Gasteiger partial charge in [0.15, 0.2) is 0 Å². The summed E-state index contributed by atoms with van der Waals surface area (Å²) in [4.78, 5) is 0. The summed E-state index contributed by atoms with van der Waals surface area (Å²) in [7, 11) is -1.05. The van der Waals surface area contributed by atoms with Crippen molar-refractivity contribution in [2.45, 2.75) is 11.5 Å². The van der Waals surface area contributed by atoms with E-state index in [9.17, 15) is 4.21 Å². The summed E-state index contributed by atoms with van der Waals surface area (Å²) < 4.78 is 13.1. The van der Waals surface area contributed by atoms with Crippen molar-refractivity contribution >= 4 is 44.0 Å². The van der Waals surface area contributed by atoms with Gasteiger partial charge in [-0.25, -0.2) is 0 Å². The maximum atomic E-state index is 12.2. The van der Waals surface area contributed by atoms with Crippen molar-refractivity contribution in [3.05, 3.63) is 63.1 Å². The van der Waals surface area contributed by atoms with E-state index in [0.717, 1.165) is 15.6 Å². The summed E-state index contributed by atoms with van der Waals surface area (Å²) in [5.74, 6) is 0.846. The van der Waals surface area contributed by atoms with Crippen LogP contribution < -0.4 is 5.73 Å². The Balaban J connectivity index is 2.12. The van der Waals surface area contributed by atoms with Crippen molar-refractivity contribution in [1.82, 2.24) is 0 Å². The van der Waals surface area contributed by atoms with E-state index in [0.29, 0.717) is 22.2 Å². The lowest BCUT2D eigenvalue weighted by atomic mass is 10.2. The zero-order valence-corrected chi connectivity index (χ0v) is 13.3. The summed E-state index contributed by atoms with van der Waals surface area (Å²) in [6, 6.07) is 13.0. The van der Waals surface area contributed by atoms with E-state index < -0.39 is 10.8 Å². The van der Waals surface area contributed by atoms with Crippen LogP contribution in [0.2, 0.25) is 5.02 Å². The van der Waals surface area contributed by atoms with Crippen molar-refractivity contribution in [2.24, 2.45) is 0 Å². The Morgan fingerprint density at radius 1 is 1.11 bits per heavy atom. The number of anilines is 1. The van der Waals surface area contributed by atoms with Crippen molar-refractivity contribution in [2.75, 3.05) is 5.73 Å². The van der Waals surface area contributed by atoms with Gasteiger partial charge in [-0.3, -0.25) is 4.21 Å². The number of hydrogen-bond donors (Lipinski definition) is 1. The highest BCUT2D eigenvalue weighted by Gasteiger charge is 2.10. The molecule has 1 unspecified atom stereocenters. The lowest BCUT2D eigenvalue weighted by molar-refractivity contribution is 0.682. The molecular formula is C14H13BrClNOS. The third kappa shape index (κ3) is 3.81. The highest BCUT2D eigenvalue weighted by Crippen LogP contribution is 2.25. The number of hydrogen-bond acceptors (Lipinski definition) is 2. The Kier molecular flexibility index (Phi) is 5.02. The second-order valence-electron chi connectivity index (χ2n) is 4.13. The normalized spacial score (nSPS) is 12.3. The van der Waals surface area contributed by atoms with Crippen LogP contribution in [0.1, 0.15) is 11.1 Å². The number of nitrogens with two attached hydrogens (primary N) is 1. The van der Waals surface area contributed by atoms with E-state index in [-0.39, 0.29) is 0 Å². The SMILES string of the molecule is Nc1cccc(Br)c1CS(=O)Cc1ccccc1Cl. The molecule has 0 heterocycles. The number of rotatable bonds is 4. The average molecular weight is 359 g/mol. The van der Waals surface area contributed by atoms with Gasteiger partial charge in [0.05, 0.1) is 11.5 Å². The minimum Gasteiger partial charge on any atom is -0.398 e. The number of halogens is 2. The van der Waals surface area contributed by atoms with Crippen LogP contribution in [-0.2, 0) is 22.3 Å². The summed E-state index contributed by atoms with van der Waals surface area (Å²) >= 11 is 9.50. The molecule has 0 bridgehead atoms. The Bertz CT molecular complexity index is 598. The molecule has 0 aliphatic heterocycles. The third-order valence-corrected chi connectivity index (χ3v) is 5.09. The van der Waals surface area contributed by atoms with Crippen molar-refractivity contribution in [1.29, 1.82) is 0 Å². The van der Waals surface area contributed by atoms with Gasteiger partial charge < -0.3 is 5.73 Å². The molecule has 19 heavy (non-hydrogen) atoms. The predicted octanol–water partition coefficient (Wildman–Crippen LogP) is 4.13. The van der Waals surface area contributed by atoms with Gasteiger partial charge >= 0.3 is 0 Å². The van der Waals surface area contributed by atoms with E-state index >= 15 is 0 Å². The van der Waals surface area contributed by atoms with Crippen molar-refractivity contribution < 1.29 is 4.21 Å². The van der Waals surface area contributed by atoms with Crippen LogP contribution in [0.25, 0.3) is 0 Å². The van der Waals surface area contributed by atoms with Crippen LogP contribution >= 0.6 is 27.5 Å². The molecule has 0 aliphatic carbocycles. The summed E-state index contributed by atoms with van der Waals surface area (Å²) in [6.07, 6.45) is 0. The predicted molar refractivity (Wildman–Crippen MR) is 85.6 cm³/mol. The first-order valence-corrected chi connectivity index (χ1v) is 8.35. The maximum Gasteiger partial charge on any atom is 0.0520 e. The van der Waals surface area contributed by atoms with Gasteiger partial charge in [-0.2, -0.15) is 0 Å². The van der Waals surface area contributed by atoms with E-state index in [1.165, 1.54) is 0 Å². The molecule has 5 heteroatoms. The molecule has 1 atom stereocenters. The maximum absolute atomic E-state index is 12.2. The van der Waals surface area contributed by atoms with Crippen molar-refractivity contribution in [3.8, 4) is 0 Å². The van der Waals surface area contributed by atoms with Gasteiger partial charge in [0.25, 0.3) is 0 Å². The molecular weight excluding hydrogens is 346 g/mol. The summed E-state index contributed by atoms with van der Waals surface area (Å²) in [5.41, 5.74) is 8.34. The van der Waals surface area contributed by atoms with Gasteiger partial charge in [0.1, 0.15) is 0 Å². The molecule has 2 aromatic rings. The number of benzene rings is 2. The van der Waals surface area contributed by atoms with Crippen LogP contribution in [0.3, 0.4) is 0 Å². The molecule has 0 saturated carbocycles. The Morgan fingerprint density at radius 3 is 2.53 bits per heavy atom. The first kappa shape index (κ1) is 14.6. The molecule has 100 valence electrons. The van der Waals surface area contributed by atoms with Crippen LogP contribution in [0.5, 0.6) is 0 Å². The second kappa shape index (κ2) is 6.55. The Hall–Kier alpha value is -0.840. The first-order valence-electron chi connectivity index (χ1n) is 5.69. The van der Waals surface area contributed by atoms with E-state index in [1.54, 1.807) is 6.07 Å². The molecule has 0 aliphatic rings. The molecule has 2 rings (SSSR count). The Morgan fingerprint density at radius 2 is 1.84 bits per heavy atom. The molecule has 0 fully saturated rings. The largest absolute Gasteiger partial charge is 0.398 e. The van der Waals surface area contributed by atoms with E-state index in [2.05, 4.69) is 15.9 Å². The third-order valence-electron chi connectivity index (χ3n) is 2.73. The fourth-order valence-electron chi connectivity index (χ4n) is 1.73. The Labute approximate surface area is 128 Å². The zero-order chi connectivity index (χ0) is 13.8. The fourth-order valence-corrected chi connectivity index (χ4v) is 4.06. The minimum absolute atomic E-state index is 0.415.